The molecule has 0 amide bonds. The van der Waals surface area contributed by atoms with Gasteiger partial charge in [-0.05, 0) is 18.1 Å². The highest BCUT2D eigenvalue weighted by Crippen LogP contribution is 2.06. The lowest BCUT2D eigenvalue weighted by Crippen LogP contribution is -2.42. The minimum Gasteiger partial charge on any atom is -0.487 e. The van der Waals surface area contributed by atoms with Gasteiger partial charge < -0.3 is 9.42 Å². The Morgan fingerprint density at radius 1 is 1.04 bits per heavy atom. The molecule has 0 saturated heterocycles. The van der Waals surface area contributed by atoms with E-state index in [0.717, 1.165) is 12.0 Å². The third-order valence-electron chi connectivity index (χ3n) is 4.15. The standard InChI is InChI=1S/C21H25N5O.ClH/c1-17(14-18-10-6-4-7-11-18)26-16-20(27-24-26)23-21(25(2)3)22-15-19-12-8-5-9-13-19;/h4-13,16-17H,14-15H2,1-3H3;1H/b22-21?,23-20+;. The third kappa shape index (κ3) is 6.09. The van der Waals surface area contributed by atoms with Gasteiger partial charge in [-0.2, -0.15) is 4.99 Å². The first-order valence-corrected chi connectivity index (χ1v) is 9.01. The molecule has 7 heteroatoms. The lowest BCUT2D eigenvalue weighted by Gasteiger charge is -2.10. The molecule has 1 aromatic heterocycles. The van der Waals surface area contributed by atoms with Crippen LogP contribution in [0, 0.1) is 0 Å². The average Bonchev–Trinajstić information content (AvgIpc) is 3.15. The second-order valence-corrected chi connectivity index (χ2v) is 6.67. The van der Waals surface area contributed by atoms with Crippen molar-refractivity contribution in [3.8, 4) is 0 Å². The zero-order valence-corrected chi connectivity index (χ0v) is 17.2. The van der Waals surface area contributed by atoms with Gasteiger partial charge in [0.05, 0.1) is 6.54 Å². The van der Waals surface area contributed by atoms with E-state index in [4.69, 9.17) is 4.52 Å². The molecule has 0 spiro atoms. The van der Waals surface area contributed by atoms with E-state index in [1.54, 1.807) is 4.68 Å². The van der Waals surface area contributed by atoms with Gasteiger partial charge in [0.25, 0.3) is 5.55 Å². The average molecular weight is 400 g/mol. The maximum Gasteiger partial charge on any atom is 0.275 e. The number of hydrogen-bond donors (Lipinski definition) is 0. The predicted molar refractivity (Wildman–Crippen MR) is 111 cm³/mol. The molecule has 2 aromatic carbocycles. The van der Waals surface area contributed by atoms with Crippen LogP contribution in [0.4, 0.5) is 0 Å². The van der Waals surface area contributed by atoms with Crippen LogP contribution in [0.15, 0.2) is 81.4 Å². The highest BCUT2D eigenvalue weighted by Gasteiger charge is 2.11. The largest absolute Gasteiger partial charge is 0.487 e. The Morgan fingerprint density at radius 3 is 2.25 bits per heavy atom. The van der Waals surface area contributed by atoms with Crippen LogP contribution in [0.5, 0.6) is 0 Å². The number of benzene rings is 2. The van der Waals surface area contributed by atoms with Crippen LogP contribution in [0.2, 0.25) is 0 Å². The minimum absolute atomic E-state index is 0. The van der Waals surface area contributed by atoms with Crippen molar-refractivity contribution in [2.75, 3.05) is 14.1 Å². The van der Waals surface area contributed by atoms with Crippen molar-refractivity contribution in [2.45, 2.75) is 25.9 Å². The fourth-order valence-electron chi connectivity index (χ4n) is 2.68. The molecule has 0 aliphatic rings. The summed E-state index contributed by atoms with van der Waals surface area (Å²) in [5, 5.41) is 4.12. The van der Waals surface area contributed by atoms with Gasteiger partial charge in [0, 0.05) is 20.5 Å². The summed E-state index contributed by atoms with van der Waals surface area (Å²) in [5.41, 5.74) is 2.84. The molecule has 3 aromatic rings. The molecule has 6 nitrogen and oxygen atoms in total. The first-order chi connectivity index (χ1) is 13.1. The summed E-state index contributed by atoms with van der Waals surface area (Å²) in [4.78, 5) is 11.0. The number of guanidine groups is 1. The Balaban J connectivity index is 0.00000280. The van der Waals surface area contributed by atoms with Crippen LogP contribution >= 0.6 is 12.4 Å². The van der Waals surface area contributed by atoms with Crippen LogP contribution in [0.3, 0.4) is 0 Å². The van der Waals surface area contributed by atoms with Gasteiger partial charge >= 0.3 is 0 Å². The van der Waals surface area contributed by atoms with Crippen molar-refractivity contribution in [3.05, 3.63) is 83.5 Å². The highest BCUT2D eigenvalue weighted by atomic mass is 35.5. The van der Waals surface area contributed by atoms with Crippen molar-refractivity contribution in [1.82, 2.24) is 10.2 Å². The molecular weight excluding hydrogens is 374 g/mol. The van der Waals surface area contributed by atoms with E-state index in [1.807, 2.05) is 73.7 Å². The molecule has 148 valence electrons. The topological polar surface area (TPSA) is 59.1 Å². The van der Waals surface area contributed by atoms with Gasteiger partial charge in [-0.1, -0.05) is 60.7 Å². The highest BCUT2D eigenvalue weighted by molar-refractivity contribution is 5.85. The summed E-state index contributed by atoms with van der Waals surface area (Å²) in [6.45, 7) is 2.67. The monoisotopic (exact) mass is 399 g/mol. The molecule has 0 aliphatic carbocycles. The zero-order valence-electron chi connectivity index (χ0n) is 16.4. The fourth-order valence-corrected chi connectivity index (χ4v) is 2.68. The summed E-state index contributed by atoms with van der Waals surface area (Å²) < 4.78 is 7.20. The molecule has 0 aliphatic heterocycles. The summed E-state index contributed by atoms with van der Waals surface area (Å²) in [6, 6.07) is 20.6. The quantitative estimate of drug-likeness (QED) is 0.376. The number of nitrogens with zero attached hydrogens (tertiary/aromatic N) is 5. The van der Waals surface area contributed by atoms with Crippen LogP contribution in [-0.2, 0) is 13.0 Å². The van der Waals surface area contributed by atoms with Crippen molar-refractivity contribution in [1.29, 1.82) is 0 Å². The molecule has 1 unspecified atom stereocenters. The maximum atomic E-state index is 5.39. The Morgan fingerprint density at radius 2 is 1.64 bits per heavy atom. The smallest absolute Gasteiger partial charge is 0.275 e. The van der Waals surface area contributed by atoms with E-state index in [0.29, 0.717) is 18.1 Å². The second kappa shape index (κ2) is 10.5. The van der Waals surface area contributed by atoms with E-state index in [-0.39, 0.29) is 18.4 Å². The predicted octanol–water partition coefficient (Wildman–Crippen LogP) is 2.77. The third-order valence-corrected chi connectivity index (χ3v) is 4.15. The SMILES string of the molecule is CC(Cc1ccccc1)[n+]1c/c(=N\C(=NCc2ccccc2)N(C)C)o[n-]1.Cl. The van der Waals surface area contributed by atoms with Gasteiger partial charge in [0.2, 0.25) is 12.2 Å². The first-order valence-electron chi connectivity index (χ1n) is 9.01. The van der Waals surface area contributed by atoms with Gasteiger partial charge in [0.15, 0.2) is 6.04 Å². The van der Waals surface area contributed by atoms with E-state index in [9.17, 15) is 0 Å². The molecule has 0 bridgehead atoms. The summed E-state index contributed by atoms with van der Waals surface area (Å²) >= 11 is 0. The number of aliphatic imine (C=N–C) groups is 1. The molecule has 0 radical (unpaired) electrons. The molecule has 3 rings (SSSR count). The molecule has 1 heterocycles. The number of aromatic nitrogens is 2. The van der Waals surface area contributed by atoms with Crippen LogP contribution in [-0.4, -0.2) is 25.0 Å². The number of hydrogen-bond acceptors (Lipinski definition) is 2. The molecule has 28 heavy (non-hydrogen) atoms. The van der Waals surface area contributed by atoms with Crippen LogP contribution in [0.25, 0.3) is 0 Å². The second-order valence-electron chi connectivity index (χ2n) is 6.67. The van der Waals surface area contributed by atoms with Gasteiger partial charge in [-0.25, -0.2) is 9.67 Å². The van der Waals surface area contributed by atoms with E-state index < -0.39 is 0 Å². The van der Waals surface area contributed by atoms with Gasteiger partial charge in [0.1, 0.15) is 0 Å². The lowest BCUT2D eigenvalue weighted by molar-refractivity contribution is -0.787. The van der Waals surface area contributed by atoms with E-state index in [1.165, 1.54) is 5.56 Å². The van der Waals surface area contributed by atoms with Crippen LogP contribution in [0.1, 0.15) is 24.1 Å². The Hall–Kier alpha value is -2.86. The fraction of sp³-hybridized carbons (Fsp3) is 0.286. The van der Waals surface area contributed by atoms with Crippen molar-refractivity contribution >= 4 is 18.4 Å². The number of halogens is 1. The molecular formula is C21H26ClN5O. The molecule has 0 fully saturated rings. The first kappa shape index (κ1) is 21.4. The Bertz CT molecular complexity index is 932. The normalized spacial score (nSPS) is 13.1. The van der Waals surface area contributed by atoms with Crippen molar-refractivity contribution < 1.29 is 9.20 Å². The van der Waals surface area contributed by atoms with Gasteiger partial charge in [-0.15, -0.1) is 12.4 Å². The molecule has 1 atom stereocenters. The zero-order chi connectivity index (χ0) is 19.1. The molecule has 0 saturated carbocycles. The van der Waals surface area contributed by atoms with E-state index >= 15 is 0 Å². The summed E-state index contributed by atoms with van der Waals surface area (Å²) in [5.74, 6) is 0.595. The lowest BCUT2D eigenvalue weighted by atomic mass is 10.1. The molecule has 0 N–H and O–H groups in total. The Labute approximate surface area is 171 Å². The summed E-state index contributed by atoms with van der Waals surface area (Å²) in [7, 11) is 3.82. The van der Waals surface area contributed by atoms with Crippen molar-refractivity contribution in [2.24, 2.45) is 9.98 Å². The Kier molecular flexibility index (Phi) is 8.02. The minimum atomic E-state index is 0. The summed E-state index contributed by atoms with van der Waals surface area (Å²) in [6.07, 6.45) is 2.69. The number of rotatable bonds is 5. The van der Waals surface area contributed by atoms with E-state index in [2.05, 4.69) is 34.3 Å². The van der Waals surface area contributed by atoms with Crippen LogP contribution < -0.4 is 15.5 Å². The maximum absolute atomic E-state index is 5.39. The van der Waals surface area contributed by atoms with Crippen molar-refractivity contribution in [3.63, 3.8) is 0 Å². The van der Waals surface area contributed by atoms with Gasteiger partial charge in [-0.3, -0.25) is 5.27 Å².